The van der Waals surface area contributed by atoms with Crippen LogP contribution in [0.4, 0.5) is 0 Å². The summed E-state index contributed by atoms with van der Waals surface area (Å²) in [5, 5.41) is 0. The Morgan fingerprint density at radius 1 is 1.04 bits per heavy atom. The minimum absolute atomic E-state index is 0.279. The van der Waals surface area contributed by atoms with Crippen LogP contribution >= 0.6 is 0 Å². The molecule has 0 saturated heterocycles. The molecule has 0 aliphatic carbocycles. The van der Waals surface area contributed by atoms with Crippen molar-refractivity contribution in [2.75, 3.05) is 13.2 Å². The van der Waals surface area contributed by atoms with Crippen molar-refractivity contribution in [2.45, 2.75) is 46.0 Å². The van der Waals surface area contributed by atoms with Crippen LogP contribution in [0, 0.1) is 6.92 Å². The minimum atomic E-state index is 0.279. The molecule has 0 saturated carbocycles. The molecule has 124 valence electrons. The third-order valence-electron chi connectivity index (χ3n) is 4.32. The van der Waals surface area contributed by atoms with Crippen LogP contribution in [0.5, 0.6) is 5.75 Å². The fraction of sp³-hybridized carbons (Fsp3) is 0.429. The first-order chi connectivity index (χ1) is 11.0. The average molecular weight is 311 g/mol. The number of aryl methyl sites for hydroxylation is 1. The van der Waals surface area contributed by atoms with Crippen molar-refractivity contribution < 1.29 is 4.74 Å². The molecule has 0 bridgehead atoms. The van der Waals surface area contributed by atoms with E-state index in [1.165, 1.54) is 22.3 Å². The van der Waals surface area contributed by atoms with E-state index in [1.807, 2.05) is 6.92 Å². The van der Waals surface area contributed by atoms with E-state index in [4.69, 9.17) is 10.5 Å². The second-order valence-electron chi connectivity index (χ2n) is 6.51. The van der Waals surface area contributed by atoms with E-state index < -0.39 is 0 Å². The lowest BCUT2D eigenvalue weighted by atomic mass is 9.89. The highest BCUT2D eigenvalue weighted by atomic mass is 16.5. The van der Waals surface area contributed by atoms with E-state index in [9.17, 15) is 0 Å². The third-order valence-corrected chi connectivity index (χ3v) is 4.32. The van der Waals surface area contributed by atoms with Gasteiger partial charge in [0.15, 0.2) is 0 Å². The number of benzene rings is 2. The van der Waals surface area contributed by atoms with Gasteiger partial charge in [-0.05, 0) is 55.5 Å². The monoisotopic (exact) mass is 311 g/mol. The van der Waals surface area contributed by atoms with Gasteiger partial charge in [0.05, 0.1) is 6.61 Å². The van der Waals surface area contributed by atoms with E-state index in [0.717, 1.165) is 12.2 Å². The molecule has 2 N–H and O–H groups in total. The highest BCUT2D eigenvalue weighted by Gasteiger charge is 2.16. The van der Waals surface area contributed by atoms with Crippen molar-refractivity contribution in [1.82, 2.24) is 0 Å². The van der Waals surface area contributed by atoms with Gasteiger partial charge in [0.25, 0.3) is 0 Å². The van der Waals surface area contributed by atoms with E-state index in [1.54, 1.807) is 0 Å². The Kier molecular flexibility index (Phi) is 6.23. The molecule has 1 atom stereocenters. The van der Waals surface area contributed by atoms with Crippen LogP contribution in [0.1, 0.15) is 54.9 Å². The third kappa shape index (κ3) is 4.59. The normalized spacial score (nSPS) is 12.4. The molecule has 2 heteroatoms. The SMILES string of the molecule is CCOc1ccc(C)cc1C(CN)Cc1ccc(C(C)C)cc1. The van der Waals surface area contributed by atoms with E-state index >= 15 is 0 Å². The second-order valence-corrected chi connectivity index (χ2v) is 6.51. The molecular weight excluding hydrogens is 282 g/mol. The van der Waals surface area contributed by atoms with E-state index in [0.29, 0.717) is 19.1 Å². The molecular formula is C21H29NO. The number of ether oxygens (including phenoxy) is 1. The molecule has 1 unspecified atom stereocenters. The largest absolute Gasteiger partial charge is 0.494 e. The van der Waals surface area contributed by atoms with Gasteiger partial charge in [-0.3, -0.25) is 0 Å². The molecule has 0 aromatic heterocycles. The topological polar surface area (TPSA) is 35.2 Å². The smallest absolute Gasteiger partial charge is 0.122 e. The summed E-state index contributed by atoms with van der Waals surface area (Å²) in [7, 11) is 0. The van der Waals surface area contributed by atoms with Crippen LogP contribution in [0.25, 0.3) is 0 Å². The molecule has 23 heavy (non-hydrogen) atoms. The van der Waals surface area contributed by atoms with Crippen LogP contribution in [0.3, 0.4) is 0 Å². The van der Waals surface area contributed by atoms with Crippen LogP contribution in [0.2, 0.25) is 0 Å². The zero-order chi connectivity index (χ0) is 16.8. The highest BCUT2D eigenvalue weighted by molar-refractivity contribution is 5.41. The minimum Gasteiger partial charge on any atom is -0.494 e. The van der Waals surface area contributed by atoms with E-state index in [-0.39, 0.29) is 5.92 Å². The molecule has 0 aliphatic heterocycles. The standard InChI is InChI=1S/C21H29NO/c1-5-23-21-11-6-16(4)12-20(21)19(14-22)13-17-7-9-18(10-8-17)15(2)3/h6-12,15,19H,5,13-14,22H2,1-4H3. The Labute approximate surface area is 140 Å². The van der Waals surface area contributed by atoms with Gasteiger partial charge in [0.1, 0.15) is 5.75 Å². The number of hydrogen-bond acceptors (Lipinski definition) is 2. The first-order valence-electron chi connectivity index (χ1n) is 8.57. The Morgan fingerprint density at radius 2 is 1.74 bits per heavy atom. The summed E-state index contributed by atoms with van der Waals surface area (Å²) in [5.74, 6) is 1.81. The van der Waals surface area contributed by atoms with Crippen molar-refractivity contribution in [3.8, 4) is 5.75 Å². The van der Waals surface area contributed by atoms with Gasteiger partial charge < -0.3 is 10.5 Å². The summed E-state index contributed by atoms with van der Waals surface area (Å²) in [6, 6.07) is 15.3. The second kappa shape index (κ2) is 8.16. The zero-order valence-electron chi connectivity index (χ0n) is 14.8. The predicted octanol–water partition coefficient (Wildman–Crippen LogP) is 4.80. The van der Waals surface area contributed by atoms with Gasteiger partial charge in [0.2, 0.25) is 0 Å². The van der Waals surface area contributed by atoms with Crippen LogP contribution in [0.15, 0.2) is 42.5 Å². The lowest BCUT2D eigenvalue weighted by molar-refractivity contribution is 0.334. The number of rotatable bonds is 7. The fourth-order valence-corrected chi connectivity index (χ4v) is 2.92. The summed E-state index contributed by atoms with van der Waals surface area (Å²) in [4.78, 5) is 0. The lowest BCUT2D eigenvalue weighted by Crippen LogP contribution is -2.16. The van der Waals surface area contributed by atoms with Gasteiger partial charge in [0, 0.05) is 5.92 Å². The molecule has 2 aromatic carbocycles. The van der Waals surface area contributed by atoms with Crippen LogP contribution in [-0.4, -0.2) is 13.2 Å². The Hall–Kier alpha value is -1.80. The maximum absolute atomic E-state index is 6.09. The average Bonchev–Trinajstić information content (AvgIpc) is 2.55. The summed E-state index contributed by atoms with van der Waals surface area (Å²) in [6.45, 7) is 9.87. The first kappa shape index (κ1) is 17.6. The predicted molar refractivity (Wildman–Crippen MR) is 98.4 cm³/mol. The quantitative estimate of drug-likeness (QED) is 0.797. The summed E-state index contributed by atoms with van der Waals surface area (Å²) in [6.07, 6.45) is 0.943. The van der Waals surface area contributed by atoms with E-state index in [2.05, 4.69) is 63.2 Å². The molecule has 2 rings (SSSR count). The maximum Gasteiger partial charge on any atom is 0.122 e. The van der Waals surface area contributed by atoms with Crippen molar-refractivity contribution in [3.63, 3.8) is 0 Å². The molecule has 0 fully saturated rings. The summed E-state index contributed by atoms with van der Waals surface area (Å²) in [5.41, 5.74) is 11.3. The Bertz CT molecular complexity index is 616. The Morgan fingerprint density at radius 3 is 2.30 bits per heavy atom. The molecule has 0 aliphatic rings. The van der Waals surface area contributed by atoms with Gasteiger partial charge in [-0.2, -0.15) is 0 Å². The highest BCUT2D eigenvalue weighted by Crippen LogP contribution is 2.30. The maximum atomic E-state index is 6.09. The molecule has 0 spiro atoms. The molecule has 2 aromatic rings. The fourth-order valence-electron chi connectivity index (χ4n) is 2.92. The molecule has 0 heterocycles. The van der Waals surface area contributed by atoms with Crippen molar-refractivity contribution in [2.24, 2.45) is 5.73 Å². The number of nitrogens with two attached hydrogens (primary N) is 1. The molecule has 0 amide bonds. The van der Waals surface area contributed by atoms with Gasteiger partial charge in [-0.25, -0.2) is 0 Å². The molecule has 2 nitrogen and oxygen atoms in total. The zero-order valence-corrected chi connectivity index (χ0v) is 14.8. The van der Waals surface area contributed by atoms with Gasteiger partial charge in [-0.15, -0.1) is 0 Å². The van der Waals surface area contributed by atoms with Crippen LogP contribution in [-0.2, 0) is 6.42 Å². The van der Waals surface area contributed by atoms with Gasteiger partial charge in [-0.1, -0.05) is 55.8 Å². The van der Waals surface area contributed by atoms with Crippen molar-refractivity contribution >= 4 is 0 Å². The van der Waals surface area contributed by atoms with Crippen molar-refractivity contribution in [1.29, 1.82) is 0 Å². The summed E-state index contributed by atoms with van der Waals surface area (Å²) < 4.78 is 5.81. The first-order valence-corrected chi connectivity index (χ1v) is 8.57. The molecule has 0 radical (unpaired) electrons. The van der Waals surface area contributed by atoms with Gasteiger partial charge >= 0.3 is 0 Å². The van der Waals surface area contributed by atoms with Crippen molar-refractivity contribution in [3.05, 3.63) is 64.7 Å². The summed E-state index contributed by atoms with van der Waals surface area (Å²) >= 11 is 0. The van der Waals surface area contributed by atoms with Crippen LogP contribution < -0.4 is 10.5 Å². The number of hydrogen-bond donors (Lipinski definition) is 1. The lowest BCUT2D eigenvalue weighted by Gasteiger charge is -2.20. The Balaban J connectivity index is 2.24.